The van der Waals surface area contributed by atoms with E-state index in [2.05, 4.69) is 43.0 Å². The molecule has 100 valence electrons. The van der Waals surface area contributed by atoms with Crippen LogP contribution < -0.4 is 5.32 Å². The highest BCUT2D eigenvalue weighted by Gasteiger charge is 2.28. The van der Waals surface area contributed by atoms with E-state index in [0.29, 0.717) is 11.3 Å². The number of hydrogen-bond acceptors (Lipinski definition) is 4. The Balaban J connectivity index is 2.09. The fourth-order valence-electron chi connectivity index (χ4n) is 2.49. The van der Waals surface area contributed by atoms with Gasteiger partial charge in [-0.1, -0.05) is 25.1 Å². The molecule has 18 heavy (non-hydrogen) atoms. The van der Waals surface area contributed by atoms with E-state index in [0.717, 1.165) is 23.1 Å². The number of aromatic nitrogens is 2. The highest BCUT2D eigenvalue weighted by Crippen LogP contribution is 2.33. The molecule has 1 aromatic heterocycles. The van der Waals surface area contributed by atoms with Gasteiger partial charge < -0.3 is 5.32 Å². The van der Waals surface area contributed by atoms with Gasteiger partial charge in [-0.25, -0.2) is 9.97 Å². The smallest absolute Gasteiger partial charge is 0.188 e. The molecule has 1 aliphatic carbocycles. The minimum absolute atomic E-state index is 0.630. The van der Waals surface area contributed by atoms with Gasteiger partial charge in [0.05, 0.1) is 0 Å². The average Bonchev–Trinajstić information content (AvgIpc) is 2.74. The molecule has 0 bridgehead atoms. The quantitative estimate of drug-likeness (QED) is 0.849. The summed E-state index contributed by atoms with van der Waals surface area (Å²) in [6.07, 6.45) is 3.88. The number of rotatable bonds is 4. The van der Waals surface area contributed by atoms with Crippen molar-refractivity contribution >= 4 is 11.8 Å². The summed E-state index contributed by atoms with van der Waals surface area (Å²) in [4.78, 5) is 9.23. The predicted octanol–water partition coefficient (Wildman–Crippen LogP) is 3.02. The maximum Gasteiger partial charge on any atom is 0.188 e. The number of nitrogens with zero attached hydrogens (tertiary/aromatic N) is 2. The molecule has 2 unspecified atom stereocenters. The lowest BCUT2D eigenvalue weighted by molar-refractivity contribution is 0.550. The number of thioether (sulfide) groups is 1. The lowest BCUT2D eigenvalue weighted by Crippen LogP contribution is -2.33. The van der Waals surface area contributed by atoms with Crippen molar-refractivity contribution in [2.45, 2.75) is 63.4 Å². The van der Waals surface area contributed by atoms with Gasteiger partial charge in [-0.05, 0) is 45.7 Å². The molecule has 0 spiro atoms. The van der Waals surface area contributed by atoms with Crippen molar-refractivity contribution in [1.82, 2.24) is 15.3 Å². The Bertz CT molecular complexity index is 396. The fraction of sp³-hybridized carbons (Fsp3) is 0.714. The predicted molar refractivity (Wildman–Crippen MR) is 77.2 cm³/mol. The summed E-state index contributed by atoms with van der Waals surface area (Å²) in [6, 6.07) is 0.630. The van der Waals surface area contributed by atoms with Crippen molar-refractivity contribution in [1.29, 1.82) is 0 Å². The van der Waals surface area contributed by atoms with Crippen LogP contribution in [0.4, 0.5) is 0 Å². The number of aryl methyl sites for hydroxylation is 2. The lowest BCUT2D eigenvalue weighted by Gasteiger charge is -2.19. The van der Waals surface area contributed by atoms with Gasteiger partial charge in [0.25, 0.3) is 0 Å². The molecule has 1 saturated carbocycles. The Morgan fingerprint density at radius 1 is 1.17 bits per heavy atom. The van der Waals surface area contributed by atoms with Gasteiger partial charge in [0, 0.05) is 22.7 Å². The standard InChI is InChI=1S/C14H23N3S/c1-5-15-12-7-6-8-13(12)18-14-16-10(3)9(2)11(4)17-14/h12-13,15H,5-8H2,1-4H3. The molecule has 0 amide bonds. The van der Waals surface area contributed by atoms with Crippen molar-refractivity contribution in [3.8, 4) is 0 Å². The Morgan fingerprint density at radius 2 is 1.83 bits per heavy atom. The minimum Gasteiger partial charge on any atom is -0.313 e. The van der Waals surface area contributed by atoms with E-state index in [4.69, 9.17) is 0 Å². The van der Waals surface area contributed by atoms with Gasteiger partial charge >= 0.3 is 0 Å². The summed E-state index contributed by atoms with van der Waals surface area (Å²) in [5.41, 5.74) is 3.44. The number of nitrogens with one attached hydrogen (secondary N) is 1. The molecule has 2 atom stereocenters. The summed E-state index contributed by atoms with van der Waals surface area (Å²) in [7, 11) is 0. The topological polar surface area (TPSA) is 37.8 Å². The second-order valence-corrected chi connectivity index (χ2v) is 6.26. The summed E-state index contributed by atoms with van der Waals surface area (Å²) >= 11 is 1.85. The van der Waals surface area contributed by atoms with Crippen molar-refractivity contribution < 1.29 is 0 Å². The maximum absolute atomic E-state index is 4.62. The number of hydrogen-bond donors (Lipinski definition) is 1. The molecule has 1 aromatic rings. The van der Waals surface area contributed by atoms with Crippen LogP contribution in [0.3, 0.4) is 0 Å². The molecule has 0 radical (unpaired) electrons. The highest BCUT2D eigenvalue weighted by molar-refractivity contribution is 7.99. The van der Waals surface area contributed by atoms with Gasteiger partial charge in [-0.2, -0.15) is 0 Å². The van der Waals surface area contributed by atoms with Gasteiger partial charge in [0.2, 0.25) is 0 Å². The van der Waals surface area contributed by atoms with Crippen LogP contribution in [-0.2, 0) is 0 Å². The zero-order valence-electron chi connectivity index (χ0n) is 11.8. The van der Waals surface area contributed by atoms with Gasteiger partial charge in [-0.15, -0.1) is 0 Å². The Hall–Kier alpha value is -0.610. The van der Waals surface area contributed by atoms with Crippen LogP contribution >= 0.6 is 11.8 Å². The van der Waals surface area contributed by atoms with Crippen LogP contribution in [0, 0.1) is 20.8 Å². The molecule has 2 rings (SSSR count). The van der Waals surface area contributed by atoms with Crippen molar-refractivity contribution in [2.24, 2.45) is 0 Å². The second kappa shape index (κ2) is 6.02. The minimum atomic E-state index is 0.630. The summed E-state index contributed by atoms with van der Waals surface area (Å²) in [5, 5.41) is 5.16. The third kappa shape index (κ3) is 3.04. The van der Waals surface area contributed by atoms with Crippen molar-refractivity contribution in [3.05, 3.63) is 17.0 Å². The maximum atomic E-state index is 4.62. The first-order chi connectivity index (χ1) is 8.61. The zero-order chi connectivity index (χ0) is 13.1. The third-order valence-corrected chi connectivity index (χ3v) is 5.05. The SMILES string of the molecule is CCNC1CCCC1Sc1nc(C)c(C)c(C)n1. The van der Waals surface area contributed by atoms with Crippen LogP contribution in [0.25, 0.3) is 0 Å². The van der Waals surface area contributed by atoms with Crippen LogP contribution in [0.1, 0.15) is 43.1 Å². The molecule has 4 heteroatoms. The summed E-state index contributed by atoms with van der Waals surface area (Å²) < 4.78 is 0. The van der Waals surface area contributed by atoms with E-state index >= 15 is 0 Å². The highest BCUT2D eigenvalue weighted by atomic mass is 32.2. The Labute approximate surface area is 114 Å². The normalized spacial score (nSPS) is 23.6. The van der Waals surface area contributed by atoms with E-state index < -0.39 is 0 Å². The lowest BCUT2D eigenvalue weighted by atomic mass is 10.2. The molecule has 1 aliphatic rings. The van der Waals surface area contributed by atoms with Gasteiger partial charge in [0.1, 0.15) is 0 Å². The van der Waals surface area contributed by atoms with Crippen molar-refractivity contribution in [3.63, 3.8) is 0 Å². The average molecular weight is 265 g/mol. The Morgan fingerprint density at radius 3 is 2.44 bits per heavy atom. The molecule has 1 fully saturated rings. The fourth-order valence-corrected chi connectivity index (χ4v) is 3.82. The second-order valence-electron chi connectivity index (χ2n) is 5.05. The molecule has 0 saturated heterocycles. The van der Waals surface area contributed by atoms with E-state index in [9.17, 15) is 0 Å². The molecule has 0 aromatic carbocycles. The molecule has 3 nitrogen and oxygen atoms in total. The zero-order valence-corrected chi connectivity index (χ0v) is 12.6. The first-order valence-corrected chi connectivity index (χ1v) is 7.71. The summed E-state index contributed by atoms with van der Waals surface area (Å²) in [6.45, 7) is 9.47. The van der Waals surface area contributed by atoms with E-state index in [1.807, 2.05) is 11.8 Å². The first kappa shape index (κ1) is 13.8. The van der Waals surface area contributed by atoms with E-state index in [-0.39, 0.29) is 0 Å². The van der Waals surface area contributed by atoms with Crippen molar-refractivity contribution in [2.75, 3.05) is 6.54 Å². The summed E-state index contributed by atoms with van der Waals surface area (Å²) in [5.74, 6) is 0. The molecule has 1 N–H and O–H groups in total. The van der Waals surface area contributed by atoms with Crippen LogP contribution in [0.15, 0.2) is 5.16 Å². The monoisotopic (exact) mass is 265 g/mol. The van der Waals surface area contributed by atoms with Crippen LogP contribution in [-0.4, -0.2) is 27.8 Å². The molecular weight excluding hydrogens is 242 g/mol. The van der Waals surface area contributed by atoms with E-state index in [1.165, 1.54) is 24.8 Å². The third-order valence-electron chi connectivity index (χ3n) is 3.79. The van der Waals surface area contributed by atoms with Crippen LogP contribution in [0.5, 0.6) is 0 Å². The largest absolute Gasteiger partial charge is 0.313 e. The van der Waals surface area contributed by atoms with Crippen LogP contribution in [0.2, 0.25) is 0 Å². The van der Waals surface area contributed by atoms with Gasteiger partial charge in [0.15, 0.2) is 5.16 Å². The van der Waals surface area contributed by atoms with Gasteiger partial charge in [-0.3, -0.25) is 0 Å². The first-order valence-electron chi connectivity index (χ1n) is 6.83. The van der Waals surface area contributed by atoms with E-state index in [1.54, 1.807) is 0 Å². The molecule has 0 aliphatic heterocycles. The Kier molecular flexibility index (Phi) is 4.62. The molecule has 1 heterocycles. The molecular formula is C14H23N3S.